The Morgan fingerprint density at radius 3 is 3.27 bits per heavy atom. The Hall–Kier alpha value is -1.36. The highest BCUT2D eigenvalue weighted by Crippen LogP contribution is 2.21. The average Bonchev–Trinajstić information content (AvgIpc) is 2.85. The number of aromatic nitrogens is 1. The highest BCUT2D eigenvalue weighted by atomic mass is 16.4. The van der Waals surface area contributed by atoms with E-state index in [9.17, 15) is 4.79 Å². The fourth-order valence-corrected chi connectivity index (χ4v) is 1.73. The predicted molar refractivity (Wildman–Crippen MR) is 52.7 cm³/mol. The van der Waals surface area contributed by atoms with Gasteiger partial charge in [0.25, 0.3) is 0 Å². The van der Waals surface area contributed by atoms with Crippen LogP contribution in [0.15, 0.2) is 10.7 Å². The van der Waals surface area contributed by atoms with E-state index in [4.69, 9.17) is 9.52 Å². The van der Waals surface area contributed by atoms with Crippen molar-refractivity contribution in [1.82, 2.24) is 10.3 Å². The van der Waals surface area contributed by atoms with Crippen molar-refractivity contribution >= 4 is 5.97 Å². The predicted octanol–water partition coefficient (Wildman–Crippen LogP) is 0.769. The molecule has 0 amide bonds. The van der Waals surface area contributed by atoms with E-state index in [1.54, 1.807) is 6.26 Å². The lowest BCUT2D eigenvalue weighted by atomic mass is 10.1. The van der Waals surface area contributed by atoms with Crippen molar-refractivity contribution in [3.8, 4) is 0 Å². The van der Waals surface area contributed by atoms with E-state index < -0.39 is 5.97 Å². The first-order valence-corrected chi connectivity index (χ1v) is 5.12. The molecule has 5 heteroatoms. The summed E-state index contributed by atoms with van der Waals surface area (Å²) in [6, 6.07) is 0. The molecular formula is C10H14N2O3. The van der Waals surface area contributed by atoms with Crippen LogP contribution in [0, 0.1) is 0 Å². The maximum absolute atomic E-state index is 10.4. The molecule has 1 unspecified atom stereocenters. The summed E-state index contributed by atoms with van der Waals surface area (Å²) in [4.78, 5) is 14.7. The summed E-state index contributed by atoms with van der Waals surface area (Å²) < 4.78 is 5.34. The normalized spacial score (nSPS) is 20.7. The molecule has 1 atom stereocenters. The second-order valence-electron chi connectivity index (χ2n) is 3.76. The fraction of sp³-hybridized carbons (Fsp3) is 0.600. The van der Waals surface area contributed by atoms with E-state index in [1.165, 1.54) is 0 Å². The van der Waals surface area contributed by atoms with Gasteiger partial charge in [-0.2, -0.15) is 0 Å². The van der Waals surface area contributed by atoms with Crippen molar-refractivity contribution in [3.05, 3.63) is 17.8 Å². The molecule has 2 N–H and O–H groups in total. The minimum absolute atomic E-state index is 0.106. The molecule has 1 fully saturated rings. The molecule has 15 heavy (non-hydrogen) atoms. The number of carboxylic acid groups (broad SMARTS) is 1. The first-order chi connectivity index (χ1) is 7.25. The molecule has 2 rings (SSSR count). The Bertz CT molecular complexity index is 342. The maximum atomic E-state index is 10.4. The Morgan fingerprint density at radius 1 is 1.73 bits per heavy atom. The van der Waals surface area contributed by atoms with Crippen LogP contribution in [0.5, 0.6) is 0 Å². The largest absolute Gasteiger partial charge is 0.481 e. The molecule has 0 spiro atoms. The van der Waals surface area contributed by atoms with Crippen LogP contribution >= 0.6 is 0 Å². The van der Waals surface area contributed by atoms with Crippen LogP contribution in [-0.4, -0.2) is 29.1 Å². The Labute approximate surface area is 87.5 Å². The molecule has 1 saturated heterocycles. The maximum Gasteiger partial charge on any atom is 0.303 e. The van der Waals surface area contributed by atoms with Crippen LogP contribution < -0.4 is 5.32 Å². The van der Waals surface area contributed by atoms with Gasteiger partial charge in [-0.1, -0.05) is 0 Å². The van der Waals surface area contributed by atoms with Crippen LogP contribution in [-0.2, 0) is 11.2 Å². The van der Waals surface area contributed by atoms with Crippen molar-refractivity contribution in [2.45, 2.75) is 25.2 Å². The lowest BCUT2D eigenvalue weighted by molar-refractivity contribution is -0.136. The van der Waals surface area contributed by atoms with Crippen LogP contribution in [0.3, 0.4) is 0 Å². The van der Waals surface area contributed by atoms with Crippen LogP contribution in [0.2, 0.25) is 0 Å². The minimum Gasteiger partial charge on any atom is -0.481 e. The van der Waals surface area contributed by atoms with Crippen molar-refractivity contribution < 1.29 is 14.3 Å². The van der Waals surface area contributed by atoms with E-state index in [-0.39, 0.29) is 6.42 Å². The zero-order valence-corrected chi connectivity index (χ0v) is 8.40. The zero-order valence-electron chi connectivity index (χ0n) is 8.40. The molecule has 82 valence electrons. The van der Waals surface area contributed by atoms with Gasteiger partial charge in [0.1, 0.15) is 6.26 Å². The molecule has 1 aliphatic rings. The molecule has 5 nitrogen and oxygen atoms in total. The van der Waals surface area contributed by atoms with Gasteiger partial charge in [-0.25, -0.2) is 4.98 Å². The van der Waals surface area contributed by atoms with Gasteiger partial charge in [0.2, 0.25) is 0 Å². The van der Waals surface area contributed by atoms with Gasteiger partial charge in [0.15, 0.2) is 5.89 Å². The van der Waals surface area contributed by atoms with Crippen LogP contribution in [0.4, 0.5) is 0 Å². The number of rotatable bonds is 4. The number of oxazole rings is 1. The first-order valence-electron chi connectivity index (χ1n) is 5.12. The van der Waals surface area contributed by atoms with Crippen molar-refractivity contribution in [2.75, 3.05) is 13.1 Å². The molecule has 1 aliphatic heterocycles. The molecule has 0 aliphatic carbocycles. The van der Waals surface area contributed by atoms with E-state index in [2.05, 4.69) is 10.3 Å². The number of aryl methyl sites for hydroxylation is 1. The van der Waals surface area contributed by atoms with Gasteiger partial charge in [0, 0.05) is 18.9 Å². The lowest BCUT2D eigenvalue weighted by Crippen LogP contribution is -2.08. The Morgan fingerprint density at radius 2 is 2.60 bits per heavy atom. The number of carboxylic acids is 1. The standard InChI is InChI=1S/C10H14N2O3/c13-9(14)2-1-8-6-15-10(12-8)7-3-4-11-5-7/h6-7,11H,1-5H2,(H,13,14). The van der Waals surface area contributed by atoms with Gasteiger partial charge >= 0.3 is 5.97 Å². The first kappa shape index (κ1) is 10.2. The summed E-state index contributed by atoms with van der Waals surface area (Å²) in [5.74, 6) is 0.283. The Kier molecular flexibility index (Phi) is 3.01. The van der Waals surface area contributed by atoms with Crippen LogP contribution in [0.25, 0.3) is 0 Å². The number of nitrogens with one attached hydrogen (secondary N) is 1. The van der Waals surface area contributed by atoms with Crippen molar-refractivity contribution in [1.29, 1.82) is 0 Å². The van der Waals surface area contributed by atoms with E-state index in [0.717, 1.165) is 31.1 Å². The number of aliphatic carboxylic acids is 1. The average molecular weight is 210 g/mol. The van der Waals surface area contributed by atoms with Crippen molar-refractivity contribution in [3.63, 3.8) is 0 Å². The zero-order chi connectivity index (χ0) is 10.7. The number of hydrogen-bond donors (Lipinski definition) is 2. The minimum atomic E-state index is -0.804. The highest BCUT2D eigenvalue weighted by Gasteiger charge is 2.21. The number of carbonyl (C=O) groups is 1. The van der Waals surface area contributed by atoms with E-state index in [0.29, 0.717) is 12.3 Å². The summed E-state index contributed by atoms with van der Waals surface area (Å²) >= 11 is 0. The third-order valence-corrected chi connectivity index (χ3v) is 2.57. The van der Waals surface area contributed by atoms with E-state index in [1.807, 2.05) is 0 Å². The third kappa shape index (κ3) is 2.56. The molecule has 2 heterocycles. The SMILES string of the molecule is O=C(O)CCc1coc(C2CCNC2)n1. The molecule has 1 aromatic rings. The van der Waals surface area contributed by atoms with Crippen LogP contribution in [0.1, 0.15) is 30.3 Å². The van der Waals surface area contributed by atoms with E-state index >= 15 is 0 Å². The molecule has 0 aromatic carbocycles. The number of hydrogen-bond acceptors (Lipinski definition) is 4. The van der Waals surface area contributed by atoms with Gasteiger partial charge in [-0.05, 0) is 13.0 Å². The van der Waals surface area contributed by atoms with Gasteiger partial charge in [-0.15, -0.1) is 0 Å². The fourth-order valence-electron chi connectivity index (χ4n) is 1.73. The second-order valence-corrected chi connectivity index (χ2v) is 3.76. The summed E-state index contributed by atoms with van der Waals surface area (Å²) in [5.41, 5.74) is 0.735. The summed E-state index contributed by atoms with van der Waals surface area (Å²) in [5, 5.41) is 11.8. The lowest BCUT2D eigenvalue weighted by Gasteiger charge is -2.00. The third-order valence-electron chi connectivity index (χ3n) is 2.57. The monoisotopic (exact) mass is 210 g/mol. The molecular weight excluding hydrogens is 196 g/mol. The molecule has 1 aromatic heterocycles. The van der Waals surface area contributed by atoms with Gasteiger partial charge in [-0.3, -0.25) is 4.79 Å². The molecule has 0 saturated carbocycles. The highest BCUT2D eigenvalue weighted by molar-refractivity contribution is 5.66. The summed E-state index contributed by atoms with van der Waals surface area (Å²) in [6.45, 7) is 1.90. The molecule has 0 radical (unpaired) electrons. The van der Waals surface area contributed by atoms with Gasteiger partial charge < -0.3 is 14.8 Å². The summed E-state index contributed by atoms with van der Waals surface area (Å²) in [6.07, 6.45) is 3.16. The smallest absolute Gasteiger partial charge is 0.303 e. The van der Waals surface area contributed by atoms with Crippen molar-refractivity contribution in [2.24, 2.45) is 0 Å². The number of nitrogens with zero attached hydrogens (tertiary/aromatic N) is 1. The Balaban J connectivity index is 1.94. The quantitative estimate of drug-likeness (QED) is 0.767. The second kappa shape index (κ2) is 4.44. The summed E-state index contributed by atoms with van der Waals surface area (Å²) in [7, 11) is 0. The topological polar surface area (TPSA) is 75.4 Å². The van der Waals surface area contributed by atoms with Gasteiger partial charge in [0.05, 0.1) is 12.1 Å². The molecule has 0 bridgehead atoms.